The van der Waals surface area contributed by atoms with Gasteiger partial charge >= 0.3 is 0 Å². The van der Waals surface area contributed by atoms with Crippen molar-refractivity contribution in [1.29, 1.82) is 0 Å². The second kappa shape index (κ2) is 4.32. The smallest absolute Gasteiger partial charge is 0.186 e. The molecule has 0 amide bonds. The predicted octanol–water partition coefficient (Wildman–Crippen LogP) is -2.57. The molecule has 0 aromatic heterocycles. The van der Waals surface area contributed by atoms with E-state index in [9.17, 15) is 15.3 Å². The third kappa shape index (κ3) is 1.98. The van der Waals surface area contributed by atoms with Gasteiger partial charge in [-0.2, -0.15) is 0 Å². The van der Waals surface area contributed by atoms with E-state index >= 15 is 0 Å². The Balaban J connectivity index is 2.66. The van der Waals surface area contributed by atoms with Gasteiger partial charge in [-0.05, 0) is 0 Å². The van der Waals surface area contributed by atoms with Crippen LogP contribution in [-0.2, 0) is 9.47 Å². The third-order valence-corrected chi connectivity index (χ3v) is 2.08. The van der Waals surface area contributed by atoms with E-state index in [-0.39, 0.29) is 0 Å². The molecule has 5 atom stereocenters. The molecule has 1 aliphatic rings. The molecule has 1 fully saturated rings. The van der Waals surface area contributed by atoms with Gasteiger partial charge in [-0.15, -0.1) is 0 Å². The number of ether oxygens (including phenoxy) is 2. The van der Waals surface area contributed by atoms with Gasteiger partial charge in [0, 0.05) is 7.11 Å². The van der Waals surface area contributed by atoms with Crippen LogP contribution in [0.4, 0.5) is 0 Å². The lowest BCUT2D eigenvalue weighted by Gasteiger charge is -2.38. The van der Waals surface area contributed by atoms with Crippen molar-refractivity contribution in [2.75, 3.05) is 13.7 Å². The minimum atomic E-state index is -1.36. The molecule has 6 heteroatoms. The maximum Gasteiger partial charge on any atom is 0.186 e. The maximum absolute atomic E-state index is 9.28. The van der Waals surface area contributed by atoms with Gasteiger partial charge in [-0.1, -0.05) is 0 Å². The molecule has 6 nitrogen and oxygen atoms in total. The number of aliphatic hydroxyl groups excluding tert-OH is 4. The van der Waals surface area contributed by atoms with E-state index in [0.29, 0.717) is 0 Å². The summed E-state index contributed by atoms with van der Waals surface area (Å²) in [4.78, 5) is 0. The van der Waals surface area contributed by atoms with Gasteiger partial charge < -0.3 is 29.9 Å². The molecule has 0 radical (unpaired) electrons. The Hall–Kier alpha value is -0.240. The Morgan fingerprint density at radius 3 is 2.23 bits per heavy atom. The normalized spacial score (nSPS) is 46.4. The second-order valence-corrected chi connectivity index (χ2v) is 2.93. The van der Waals surface area contributed by atoms with Gasteiger partial charge in [0.05, 0.1) is 6.61 Å². The fraction of sp³-hybridized carbons (Fsp3) is 1.00. The van der Waals surface area contributed by atoms with Crippen LogP contribution < -0.4 is 0 Å². The summed E-state index contributed by atoms with van der Waals surface area (Å²) in [6.45, 7) is -0.440. The van der Waals surface area contributed by atoms with Gasteiger partial charge in [0.25, 0.3) is 0 Å². The molecule has 78 valence electrons. The summed E-state index contributed by atoms with van der Waals surface area (Å²) in [6.07, 6.45) is -5.91. The van der Waals surface area contributed by atoms with Crippen molar-refractivity contribution < 1.29 is 29.9 Å². The van der Waals surface area contributed by atoms with Gasteiger partial charge in [0.1, 0.15) is 24.4 Å². The SMILES string of the molecule is CO[C@@H]1O[C@H](CO)[C@H](O)[C@@H](O)[C@H]1O. The van der Waals surface area contributed by atoms with Crippen LogP contribution in [0, 0.1) is 0 Å². The van der Waals surface area contributed by atoms with Crippen molar-refractivity contribution in [1.82, 2.24) is 0 Å². The number of aliphatic hydroxyl groups is 4. The van der Waals surface area contributed by atoms with Crippen LogP contribution in [0.25, 0.3) is 0 Å². The van der Waals surface area contributed by atoms with Crippen LogP contribution in [0.15, 0.2) is 0 Å². The van der Waals surface area contributed by atoms with Crippen LogP contribution in [0.2, 0.25) is 0 Å². The zero-order valence-corrected chi connectivity index (χ0v) is 7.20. The molecular formula is C7H14O6. The molecule has 1 saturated heterocycles. The molecule has 0 aromatic carbocycles. The zero-order valence-electron chi connectivity index (χ0n) is 7.20. The highest BCUT2D eigenvalue weighted by Gasteiger charge is 2.43. The lowest BCUT2D eigenvalue weighted by Crippen LogP contribution is -2.58. The Morgan fingerprint density at radius 2 is 1.77 bits per heavy atom. The molecule has 0 aromatic rings. The van der Waals surface area contributed by atoms with E-state index in [1.54, 1.807) is 0 Å². The first-order valence-corrected chi connectivity index (χ1v) is 3.95. The summed E-state index contributed by atoms with van der Waals surface area (Å²) in [6, 6.07) is 0. The fourth-order valence-corrected chi connectivity index (χ4v) is 1.26. The van der Waals surface area contributed by atoms with E-state index in [0.717, 1.165) is 0 Å². The number of hydrogen-bond donors (Lipinski definition) is 4. The first kappa shape index (κ1) is 10.8. The predicted molar refractivity (Wildman–Crippen MR) is 40.8 cm³/mol. The van der Waals surface area contributed by atoms with Crippen LogP contribution in [0.5, 0.6) is 0 Å². The molecule has 1 rings (SSSR count). The molecule has 0 unspecified atom stereocenters. The highest BCUT2D eigenvalue weighted by Crippen LogP contribution is 2.20. The van der Waals surface area contributed by atoms with Gasteiger partial charge in [0.2, 0.25) is 0 Å². The van der Waals surface area contributed by atoms with E-state index < -0.39 is 37.3 Å². The summed E-state index contributed by atoms with van der Waals surface area (Å²) < 4.78 is 9.65. The molecule has 4 N–H and O–H groups in total. The highest BCUT2D eigenvalue weighted by molar-refractivity contribution is 4.88. The van der Waals surface area contributed by atoms with Crippen LogP contribution in [0.1, 0.15) is 0 Å². The lowest BCUT2D eigenvalue weighted by molar-refractivity contribution is -0.294. The molecule has 1 aliphatic heterocycles. The molecule has 0 spiro atoms. The molecule has 13 heavy (non-hydrogen) atoms. The molecule has 0 saturated carbocycles. The molecular weight excluding hydrogens is 180 g/mol. The van der Waals surface area contributed by atoms with E-state index in [1.165, 1.54) is 7.11 Å². The van der Waals surface area contributed by atoms with Crippen molar-refractivity contribution in [3.8, 4) is 0 Å². The van der Waals surface area contributed by atoms with Crippen molar-refractivity contribution in [3.63, 3.8) is 0 Å². The van der Waals surface area contributed by atoms with Crippen LogP contribution >= 0.6 is 0 Å². The molecule has 0 bridgehead atoms. The quantitative estimate of drug-likeness (QED) is 0.386. The van der Waals surface area contributed by atoms with E-state index in [2.05, 4.69) is 0 Å². The first-order chi connectivity index (χ1) is 6.11. The number of hydrogen-bond acceptors (Lipinski definition) is 6. The topological polar surface area (TPSA) is 99.4 Å². The maximum atomic E-state index is 9.28. The second-order valence-electron chi connectivity index (χ2n) is 2.93. The van der Waals surface area contributed by atoms with Gasteiger partial charge in [-0.3, -0.25) is 0 Å². The Kier molecular flexibility index (Phi) is 3.60. The third-order valence-electron chi connectivity index (χ3n) is 2.08. The van der Waals surface area contributed by atoms with Gasteiger partial charge in [-0.25, -0.2) is 0 Å². The van der Waals surface area contributed by atoms with E-state index in [1.807, 2.05) is 0 Å². The van der Waals surface area contributed by atoms with Crippen molar-refractivity contribution in [2.45, 2.75) is 30.7 Å². The monoisotopic (exact) mass is 194 g/mol. The average molecular weight is 194 g/mol. The highest BCUT2D eigenvalue weighted by atomic mass is 16.7. The van der Waals surface area contributed by atoms with Crippen LogP contribution in [-0.4, -0.2) is 64.8 Å². The molecule has 1 heterocycles. The minimum absolute atomic E-state index is 0.440. The largest absolute Gasteiger partial charge is 0.394 e. The lowest BCUT2D eigenvalue weighted by atomic mass is 9.99. The number of methoxy groups -OCH3 is 1. The summed E-state index contributed by atoms with van der Waals surface area (Å²) in [5.74, 6) is 0. The standard InChI is InChI=1S/C7H14O6/c1-12-7-6(11)5(10)4(9)3(2-8)13-7/h3-11H,2H2,1H3/t3-,4+,5-,6-,7-/m1/s1. The Bertz CT molecular complexity index is 143. The van der Waals surface area contributed by atoms with Crippen LogP contribution in [0.3, 0.4) is 0 Å². The van der Waals surface area contributed by atoms with E-state index in [4.69, 9.17) is 14.6 Å². The summed E-state index contributed by atoms with van der Waals surface area (Å²) >= 11 is 0. The van der Waals surface area contributed by atoms with Crippen molar-refractivity contribution in [2.24, 2.45) is 0 Å². The summed E-state index contributed by atoms with van der Waals surface area (Å²) in [5.41, 5.74) is 0. The summed E-state index contributed by atoms with van der Waals surface area (Å²) in [5, 5.41) is 36.6. The molecule has 0 aliphatic carbocycles. The fourth-order valence-electron chi connectivity index (χ4n) is 1.26. The Morgan fingerprint density at radius 1 is 1.15 bits per heavy atom. The minimum Gasteiger partial charge on any atom is -0.394 e. The van der Waals surface area contributed by atoms with Crippen molar-refractivity contribution in [3.05, 3.63) is 0 Å². The zero-order chi connectivity index (χ0) is 10.0. The van der Waals surface area contributed by atoms with Crippen molar-refractivity contribution >= 4 is 0 Å². The summed E-state index contributed by atoms with van der Waals surface area (Å²) in [7, 11) is 1.30. The Labute approximate surface area is 75.3 Å². The first-order valence-electron chi connectivity index (χ1n) is 3.95. The number of rotatable bonds is 2. The average Bonchev–Trinajstić information content (AvgIpc) is 2.15. The van der Waals surface area contributed by atoms with Gasteiger partial charge in [0.15, 0.2) is 6.29 Å².